The molecular formula is C17H12F2N2. The minimum Gasteiger partial charge on any atom is -0.264 e. The first-order valence-corrected chi connectivity index (χ1v) is 6.47. The fourth-order valence-electron chi connectivity index (χ4n) is 2.22. The summed E-state index contributed by atoms with van der Waals surface area (Å²) in [6.45, 7) is 1.93. The number of halogens is 2. The summed E-state index contributed by atoms with van der Waals surface area (Å²) in [5, 5.41) is 0. The van der Waals surface area contributed by atoms with Gasteiger partial charge in [0.1, 0.15) is 11.6 Å². The van der Waals surface area contributed by atoms with Crippen molar-refractivity contribution in [2.24, 2.45) is 0 Å². The first-order chi connectivity index (χ1) is 10.1. The van der Waals surface area contributed by atoms with Crippen molar-refractivity contribution in [1.29, 1.82) is 0 Å². The average molecular weight is 282 g/mol. The van der Waals surface area contributed by atoms with Crippen LogP contribution in [0.2, 0.25) is 0 Å². The van der Waals surface area contributed by atoms with E-state index >= 15 is 0 Å². The van der Waals surface area contributed by atoms with Crippen molar-refractivity contribution in [2.75, 3.05) is 0 Å². The molecule has 21 heavy (non-hydrogen) atoms. The highest BCUT2D eigenvalue weighted by Gasteiger charge is 2.10. The van der Waals surface area contributed by atoms with Crippen LogP contribution in [0.4, 0.5) is 8.78 Å². The Labute approximate surface area is 121 Å². The van der Waals surface area contributed by atoms with E-state index in [2.05, 4.69) is 9.97 Å². The van der Waals surface area contributed by atoms with E-state index in [1.165, 1.54) is 12.1 Å². The Balaban J connectivity index is 2.06. The van der Waals surface area contributed by atoms with Crippen LogP contribution in [0.25, 0.3) is 22.4 Å². The van der Waals surface area contributed by atoms with Gasteiger partial charge in [0.15, 0.2) is 0 Å². The van der Waals surface area contributed by atoms with Crippen LogP contribution in [-0.4, -0.2) is 9.97 Å². The third-order valence-electron chi connectivity index (χ3n) is 3.29. The molecule has 0 saturated carbocycles. The summed E-state index contributed by atoms with van der Waals surface area (Å²) < 4.78 is 26.8. The normalized spacial score (nSPS) is 10.6. The molecule has 0 aliphatic carbocycles. The summed E-state index contributed by atoms with van der Waals surface area (Å²) in [4.78, 5) is 8.36. The largest absolute Gasteiger partial charge is 0.264 e. The quantitative estimate of drug-likeness (QED) is 0.696. The topological polar surface area (TPSA) is 25.8 Å². The molecule has 0 N–H and O–H groups in total. The van der Waals surface area contributed by atoms with E-state index in [9.17, 15) is 8.78 Å². The molecule has 3 aromatic rings. The summed E-state index contributed by atoms with van der Waals surface area (Å²) in [7, 11) is 0. The number of aryl methyl sites for hydroxylation is 1. The predicted octanol–water partition coefficient (Wildman–Crippen LogP) is 4.40. The van der Waals surface area contributed by atoms with Gasteiger partial charge in [-0.3, -0.25) is 9.97 Å². The first kappa shape index (κ1) is 13.4. The van der Waals surface area contributed by atoms with Crippen LogP contribution in [0, 0.1) is 18.6 Å². The second-order valence-electron chi connectivity index (χ2n) is 4.75. The van der Waals surface area contributed by atoms with Gasteiger partial charge in [0, 0.05) is 41.3 Å². The molecule has 2 nitrogen and oxygen atoms in total. The van der Waals surface area contributed by atoms with Gasteiger partial charge in [-0.1, -0.05) is 6.07 Å². The molecule has 0 saturated heterocycles. The molecule has 0 aliphatic rings. The van der Waals surface area contributed by atoms with Crippen molar-refractivity contribution >= 4 is 0 Å². The van der Waals surface area contributed by atoms with Crippen LogP contribution in [0.1, 0.15) is 5.56 Å². The Bertz CT molecular complexity index is 786. The number of aromatic nitrogens is 2. The molecule has 0 spiro atoms. The molecule has 1 aromatic carbocycles. The van der Waals surface area contributed by atoms with E-state index < -0.39 is 11.6 Å². The fourth-order valence-corrected chi connectivity index (χ4v) is 2.22. The molecule has 0 radical (unpaired) electrons. The molecule has 0 unspecified atom stereocenters. The lowest BCUT2D eigenvalue weighted by molar-refractivity contribution is 0.585. The maximum Gasteiger partial charge on any atom is 0.135 e. The average Bonchev–Trinajstić information content (AvgIpc) is 2.48. The molecule has 104 valence electrons. The minimum absolute atomic E-state index is 0.289. The van der Waals surface area contributed by atoms with Gasteiger partial charge in [0.2, 0.25) is 0 Å². The molecule has 3 rings (SSSR count). The molecular weight excluding hydrogens is 270 g/mol. The van der Waals surface area contributed by atoms with E-state index in [0.717, 1.165) is 22.8 Å². The zero-order valence-corrected chi connectivity index (χ0v) is 11.3. The Morgan fingerprint density at radius 2 is 1.81 bits per heavy atom. The second-order valence-corrected chi connectivity index (χ2v) is 4.75. The molecule has 0 bridgehead atoms. The lowest BCUT2D eigenvalue weighted by Crippen LogP contribution is -1.93. The van der Waals surface area contributed by atoms with Crippen LogP contribution in [-0.2, 0) is 0 Å². The molecule has 0 aliphatic heterocycles. The van der Waals surface area contributed by atoms with E-state index in [1.807, 2.05) is 19.1 Å². The molecule has 0 amide bonds. The molecule has 4 heteroatoms. The number of hydrogen-bond donors (Lipinski definition) is 0. The van der Waals surface area contributed by atoms with E-state index in [1.54, 1.807) is 24.7 Å². The maximum atomic E-state index is 13.8. The van der Waals surface area contributed by atoms with Crippen molar-refractivity contribution < 1.29 is 8.78 Å². The van der Waals surface area contributed by atoms with Crippen molar-refractivity contribution in [1.82, 2.24) is 9.97 Å². The third-order valence-corrected chi connectivity index (χ3v) is 3.29. The standard InChI is InChI=1S/C17H12F2N2/c1-11-7-17(14-5-4-13(18)8-16(14)19)21-10-15(11)12-3-2-6-20-9-12/h2-10H,1H3. The van der Waals surface area contributed by atoms with Crippen LogP contribution < -0.4 is 0 Å². The van der Waals surface area contributed by atoms with Crippen LogP contribution in [0.15, 0.2) is 55.0 Å². The highest BCUT2D eigenvalue weighted by atomic mass is 19.1. The van der Waals surface area contributed by atoms with Gasteiger partial charge in [-0.2, -0.15) is 0 Å². The Morgan fingerprint density at radius 1 is 0.952 bits per heavy atom. The number of benzene rings is 1. The zero-order chi connectivity index (χ0) is 14.8. The number of nitrogens with zero attached hydrogens (tertiary/aromatic N) is 2. The van der Waals surface area contributed by atoms with Crippen molar-refractivity contribution in [3.05, 3.63) is 72.2 Å². The Morgan fingerprint density at radius 3 is 2.48 bits per heavy atom. The fraction of sp³-hybridized carbons (Fsp3) is 0.0588. The highest BCUT2D eigenvalue weighted by Crippen LogP contribution is 2.27. The molecule has 0 fully saturated rings. The Kier molecular flexibility index (Phi) is 3.44. The van der Waals surface area contributed by atoms with Crippen molar-refractivity contribution in [3.63, 3.8) is 0 Å². The predicted molar refractivity (Wildman–Crippen MR) is 77.6 cm³/mol. The van der Waals surface area contributed by atoms with Crippen molar-refractivity contribution in [2.45, 2.75) is 6.92 Å². The van der Waals surface area contributed by atoms with Crippen molar-refractivity contribution in [3.8, 4) is 22.4 Å². The summed E-state index contributed by atoms with van der Waals surface area (Å²) in [6, 6.07) is 9.07. The first-order valence-electron chi connectivity index (χ1n) is 6.47. The molecule has 2 aromatic heterocycles. The van der Waals surface area contributed by atoms with E-state index in [4.69, 9.17) is 0 Å². The van der Waals surface area contributed by atoms with Crippen LogP contribution in [0.5, 0.6) is 0 Å². The summed E-state index contributed by atoms with van der Waals surface area (Å²) >= 11 is 0. The van der Waals surface area contributed by atoms with Crippen LogP contribution >= 0.6 is 0 Å². The lowest BCUT2D eigenvalue weighted by atomic mass is 10.0. The van der Waals surface area contributed by atoms with E-state index in [0.29, 0.717) is 5.69 Å². The maximum absolute atomic E-state index is 13.8. The molecule has 2 heterocycles. The van der Waals surface area contributed by atoms with Gasteiger partial charge < -0.3 is 0 Å². The zero-order valence-electron chi connectivity index (χ0n) is 11.3. The smallest absolute Gasteiger partial charge is 0.135 e. The van der Waals surface area contributed by atoms with Gasteiger partial charge in [0.25, 0.3) is 0 Å². The van der Waals surface area contributed by atoms with Gasteiger partial charge in [-0.05, 0) is 36.8 Å². The lowest BCUT2D eigenvalue weighted by Gasteiger charge is -2.08. The summed E-state index contributed by atoms with van der Waals surface area (Å²) in [5.74, 6) is -1.21. The Hall–Kier alpha value is -2.62. The number of pyridine rings is 2. The summed E-state index contributed by atoms with van der Waals surface area (Å²) in [5.41, 5.74) is 3.62. The SMILES string of the molecule is Cc1cc(-c2ccc(F)cc2F)ncc1-c1cccnc1. The van der Waals surface area contributed by atoms with Crippen LogP contribution in [0.3, 0.4) is 0 Å². The van der Waals surface area contributed by atoms with Gasteiger partial charge in [-0.15, -0.1) is 0 Å². The summed E-state index contributed by atoms with van der Waals surface area (Å²) in [6.07, 6.45) is 5.14. The van der Waals surface area contributed by atoms with Gasteiger partial charge in [0.05, 0.1) is 5.69 Å². The van der Waals surface area contributed by atoms with E-state index in [-0.39, 0.29) is 5.56 Å². The highest BCUT2D eigenvalue weighted by molar-refractivity contribution is 5.69. The number of hydrogen-bond acceptors (Lipinski definition) is 2. The monoisotopic (exact) mass is 282 g/mol. The minimum atomic E-state index is -0.615. The van der Waals surface area contributed by atoms with Gasteiger partial charge >= 0.3 is 0 Å². The second kappa shape index (κ2) is 5.40. The third kappa shape index (κ3) is 2.65. The number of rotatable bonds is 2. The molecule has 0 atom stereocenters. The van der Waals surface area contributed by atoms with Gasteiger partial charge in [-0.25, -0.2) is 8.78 Å².